The minimum absolute atomic E-state index is 0.0301. The standard InChI is InChI=1S/C9H11BrFNO/c1-5-3-7(10)9(13)6(4-12-2)8(5)11/h3,12-13H,4H2,1-2H3. The number of aryl methyl sites for hydroxylation is 1. The van der Waals surface area contributed by atoms with Crippen molar-refractivity contribution in [1.29, 1.82) is 0 Å². The maximum absolute atomic E-state index is 13.4. The zero-order chi connectivity index (χ0) is 10.0. The number of hydrogen-bond donors (Lipinski definition) is 2. The van der Waals surface area contributed by atoms with Gasteiger partial charge < -0.3 is 10.4 Å². The van der Waals surface area contributed by atoms with E-state index in [1.54, 1.807) is 20.0 Å². The van der Waals surface area contributed by atoms with Gasteiger partial charge in [-0.2, -0.15) is 0 Å². The molecule has 0 heterocycles. The molecule has 0 saturated heterocycles. The van der Waals surface area contributed by atoms with Crippen molar-refractivity contribution in [3.63, 3.8) is 0 Å². The average molecular weight is 248 g/mol. The molecule has 0 radical (unpaired) electrons. The molecule has 4 heteroatoms. The Balaban J connectivity index is 3.28. The lowest BCUT2D eigenvalue weighted by Gasteiger charge is -2.09. The van der Waals surface area contributed by atoms with E-state index in [2.05, 4.69) is 21.2 Å². The number of hydrogen-bond acceptors (Lipinski definition) is 2. The highest BCUT2D eigenvalue weighted by Gasteiger charge is 2.13. The number of halogens is 2. The zero-order valence-corrected chi connectivity index (χ0v) is 9.07. The van der Waals surface area contributed by atoms with Crippen LogP contribution in [-0.2, 0) is 6.54 Å². The lowest BCUT2D eigenvalue weighted by atomic mass is 10.1. The summed E-state index contributed by atoms with van der Waals surface area (Å²) in [7, 11) is 1.70. The number of aromatic hydroxyl groups is 1. The van der Waals surface area contributed by atoms with Crippen molar-refractivity contribution in [3.8, 4) is 5.75 Å². The highest BCUT2D eigenvalue weighted by Crippen LogP contribution is 2.31. The minimum atomic E-state index is -0.352. The fraction of sp³-hybridized carbons (Fsp3) is 0.333. The average Bonchev–Trinajstić information content (AvgIpc) is 2.09. The van der Waals surface area contributed by atoms with Crippen molar-refractivity contribution in [2.45, 2.75) is 13.5 Å². The highest BCUT2D eigenvalue weighted by molar-refractivity contribution is 9.10. The largest absolute Gasteiger partial charge is 0.506 e. The lowest BCUT2D eigenvalue weighted by Crippen LogP contribution is -2.08. The molecule has 1 rings (SSSR count). The van der Waals surface area contributed by atoms with Crippen LogP contribution in [-0.4, -0.2) is 12.2 Å². The fourth-order valence-corrected chi connectivity index (χ4v) is 1.73. The molecule has 0 aliphatic rings. The third-order valence-corrected chi connectivity index (χ3v) is 2.42. The summed E-state index contributed by atoms with van der Waals surface area (Å²) in [5.41, 5.74) is 0.823. The Morgan fingerprint density at radius 2 is 2.23 bits per heavy atom. The summed E-state index contributed by atoms with van der Waals surface area (Å²) in [6, 6.07) is 1.56. The first kappa shape index (κ1) is 10.5. The van der Waals surface area contributed by atoms with Gasteiger partial charge in [0.2, 0.25) is 0 Å². The highest BCUT2D eigenvalue weighted by atomic mass is 79.9. The van der Waals surface area contributed by atoms with Crippen LogP contribution in [0.15, 0.2) is 10.5 Å². The van der Waals surface area contributed by atoms with E-state index < -0.39 is 0 Å². The molecule has 0 unspecified atom stereocenters. The molecule has 13 heavy (non-hydrogen) atoms. The quantitative estimate of drug-likeness (QED) is 0.841. The van der Waals surface area contributed by atoms with Crippen molar-refractivity contribution in [3.05, 3.63) is 27.5 Å². The predicted molar refractivity (Wildman–Crippen MR) is 53.3 cm³/mol. The van der Waals surface area contributed by atoms with Gasteiger partial charge in [0.05, 0.1) is 4.47 Å². The van der Waals surface area contributed by atoms with E-state index in [1.807, 2.05) is 0 Å². The van der Waals surface area contributed by atoms with Gasteiger partial charge in [-0.3, -0.25) is 0 Å². The first-order valence-electron chi connectivity index (χ1n) is 3.89. The normalized spacial score (nSPS) is 10.5. The summed E-state index contributed by atoms with van der Waals surface area (Å²) in [5, 5.41) is 12.3. The van der Waals surface area contributed by atoms with E-state index >= 15 is 0 Å². The Kier molecular flexibility index (Phi) is 3.27. The molecule has 0 fully saturated rings. The molecule has 0 amide bonds. The molecule has 0 aromatic heterocycles. The Bertz CT molecular complexity index is 302. The van der Waals surface area contributed by atoms with E-state index in [-0.39, 0.29) is 11.6 Å². The monoisotopic (exact) mass is 247 g/mol. The van der Waals surface area contributed by atoms with Gasteiger partial charge in [-0.1, -0.05) is 0 Å². The molecule has 0 spiro atoms. The second-order valence-corrected chi connectivity index (χ2v) is 3.70. The smallest absolute Gasteiger partial charge is 0.137 e. The van der Waals surface area contributed by atoms with Gasteiger partial charge in [0.1, 0.15) is 11.6 Å². The van der Waals surface area contributed by atoms with Crippen LogP contribution >= 0.6 is 15.9 Å². The Morgan fingerprint density at radius 3 is 2.77 bits per heavy atom. The first-order chi connectivity index (χ1) is 6.07. The van der Waals surface area contributed by atoms with Gasteiger partial charge in [-0.15, -0.1) is 0 Å². The molecule has 0 atom stereocenters. The van der Waals surface area contributed by atoms with Gasteiger partial charge in [-0.25, -0.2) is 4.39 Å². The molecule has 0 aliphatic carbocycles. The molecule has 2 nitrogen and oxygen atoms in total. The van der Waals surface area contributed by atoms with Gasteiger partial charge >= 0.3 is 0 Å². The second-order valence-electron chi connectivity index (χ2n) is 2.85. The molecular weight excluding hydrogens is 237 g/mol. The summed E-state index contributed by atoms with van der Waals surface area (Å²) >= 11 is 3.16. The third kappa shape index (κ3) is 2.00. The van der Waals surface area contributed by atoms with Crippen molar-refractivity contribution >= 4 is 15.9 Å². The van der Waals surface area contributed by atoms with Crippen molar-refractivity contribution < 1.29 is 9.50 Å². The second kappa shape index (κ2) is 4.07. The predicted octanol–water partition coefficient (Wildman–Crippen LogP) is 2.32. The molecule has 1 aromatic rings. The van der Waals surface area contributed by atoms with E-state index in [0.717, 1.165) is 0 Å². The molecule has 0 aliphatic heterocycles. The maximum atomic E-state index is 13.4. The number of phenolic OH excluding ortho intramolecular Hbond substituents is 1. The van der Waals surface area contributed by atoms with E-state index in [4.69, 9.17) is 0 Å². The van der Waals surface area contributed by atoms with Crippen molar-refractivity contribution in [1.82, 2.24) is 5.32 Å². The molecule has 0 bridgehead atoms. The molecule has 1 aromatic carbocycles. The lowest BCUT2D eigenvalue weighted by molar-refractivity contribution is 0.451. The number of phenols is 1. The van der Waals surface area contributed by atoms with Crippen LogP contribution < -0.4 is 5.32 Å². The third-order valence-electron chi connectivity index (χ3n) is 1.82. The SMILES string of the molecule is CNCc1c(O)c(Br)cc(C)c1F. The van der Waals surface area contributed by atoms with E-state index in [1.165, 1.54) is 0 Å². The van der Waals surface area contributed by atoms with E-state index in [0.29, 0.717) is 22.1 Å². The first-order valence-corrected chi connectivity index (χ1v) is 4.68. The summed E-state index contributed by atoms with van der Waals surface area (Å²) < 4.78 is 13.9. The van der Waals surface area contributed by atoms with Crippen LogP contribution in [0.5, 0.6) is 5.75 Å². The summed E-state index contributed by atoms with van der Waals surface area (Å²) in [6.07, 6.45) is 0. The van der Waals surface area contributed by atoms with Gasteiger partial charge in [0.15, 0.2) is 0 Å². The molecular formula is C9H11BrFNO. The van der Waals surface area contributed by atoms with Crippen molar-refractivity contribution in [2.24, 2.45) is 0 Å². The maximum Gasteiger partial charge on any atom is 0.137 e. The summed E-state index contributed by atoms with van der Waals surface area (Å²) in [6.45, 7) is 1.98. The molecule has 0 saturated carbocycles. The molecule has 2 N–H and O–H groups in total. The van der Waals surface area contributed by atoms with Gasteiger partial charge in [-0.05, 0) is 41.5 Å². The van der Waals surface area contributed by atoms with Crippen LogP contribution in [0.1, 0.15) is 11.1 Å². The number of rotatable bonds is 2. The zero-order valence-electron chi connectivity index (χ0n) is 7.49. The van der Waals surface area contributed by atoms with Crippen LogP contribution in [0.4, 0.5) is 4.39 Å². The Hall–Kier alpha value is -0.610. The number of nitrogens with one attached hydrogen (secondary N) is 1. The van der Waals surface area contributed by atoms with E-state index in [9.17, 15) is 9.50 Å². The summed E-state index contributed by atoms with van der Waals surface area (Å²) in [5.74, 6) is -0.382. The van der Waals surface area contributed by atoms with Crippen LogP contribution in [0.25, 0.3) is 0 Å². The van der Waals surface area contributed by atoms with Crippen molar-refractivity contribution in [2.75, 3.05) is 7.05 Å². The Morgan fingerprint density at radius 1 is 1.62 bits per heavy atom. The number of benzene rings is 1. The topological polar surface area (TPSA) is 32.3 Å². The summed E-state index contributed by atoms with van der Waals surface area (Å²) in [4.78, 5) is 0. The van der Waals surface area contributed by atoms with Crippen LogP contribution in [0, 0.1) is 12.7 Å². The van der Waals surface area contributed by atoms with Gasteiger partial charge in [0, 0.05) is 12.1 Å². The van der Waals surface area contributed by atoms with Crippen LogP contribution in [0.2, 0.25) is 0 Å². The van der Waals surface area contributed by atoms with Crippen LogP contribution in [0.3, 0.4) is 0 Å². The van der Waals surface area contributed by atoms with Gasteiger partial charge in [0.25, 0.3) is 0 Å². The fourth-order valence-electron chi connectivity index (χ4n) is 1.15. The molecule has 72 valence electrons. The minimum Gasteiger partial charge on any atom is -0.506 e. The Labute approximate surface area is 84.9 Å².